The maximum absolute atomic E-state index is 2.47. The van der Waals surface area contributed by atoms with Crippen LogP contribution in [-0.2, 0) is 10.8 Å². The second-order valence-corrected chi connectivity index (χ2v) is 15.5. The van der Waals surface area contributed by atoms with Gasteiger partial charge in [0.1, 0.15) is 0 Å². The van der Waals surface area contributed by atoms with Gasteiger partial charge < -0.3 is 4.90 Å². The summed E-state index contributed by atoms with van der Waals surface area (Å²) < 4.78 is 5.46. The minimum Gasteiger partial charge on any atom is -0.310 e. The Morgan fingerprint density at radius 1 is 0.444 bits per heavy atom. The lowest BCUT2D eigenvalue weighted by Gasteiger charge is -2.49. The van der Waals surface area contributed by atoms with Crippen molar-refractivity contribution in [3.63, 3.8) is 0 Å². The van der Waals surface area contributed by atoms with Crippen molar-refractivity contribution in [2.75, 3.05) is 4.90 Å². The van der Waals surface area contributed by atoms with Crippen molar-refractivity contribution >= 4 is 80.1 Å². The summed E-state index contributed by atoms with van der Waals surface area (Å²) in [6.07, 6.45) is 0. The molecule has 0 saturated heterocycles. The summed E-state index contributed by atoms with van der Waals surface area (Å²) in [5.41, 5.74) is 8.96. The van der Waals surface area contributed by atoms with Crippen molar-refractivity contribution < 1.29 is 0 Å². The third-order valence-electron chi connectivity index (χ3n) is 10.6. The molecule has 0 aliphatic heterocycles. The van der Waals surface area contributed by atoms with Crippen molar-refractivity contribution in [3.8, 4) is 11.1 Å². The van der Waals surface area contributed by atoms with Gasteiger partial charge in [-0.1, -0.05) is 100 Å². The number of nitrogens with zero attached hydrogens (tertiary/aromatic N) is 1. The Morgan fingerprint density at radius 2 is 1.04 bits per heavy atom. The van der Waals surface area contributed by atoms with Gasteiger partial charge in [0.25, 0.3) is 0 Å². The summed E-state index contributed by atoms with van der Waals surface area (Å²) in [7, 11) is 0. The highest BCUT2D eigenvalue weighted by Crippen LogP contribution is 2.58. The lowest BCUT2D eigenvalue weighted by molar-refractivity contribution is 0.301. The molecule has 0 bridgehead atoms. The third kappa shape index (κ3) is 3.78. The van der Waals surface area contributed by atoms with Crippen LogP contribution in [0.1, 0.15) is 38.8 Å². The topological polar surface area (TPSA) is 3.24 Å². The number of rotatable bonds is 3. The Balaban J connectivity index is 1.28. The number of thiophene rings is 2. The minimum absolute atomic E-state index is 0.0829. The zero-order valence-electron chi connectivity index (χ0n) is 25.9. The molecule has 9 rings (SSSR count). The first-order valence-corrected chi connectivity index (χ1v) is 17.3. The lowest BCUT2D eigenvalue weighted by atomic mass is 9.55. The molecule has 1 nitrogen and oxygen atoms in total. The van der Waals surface area contributed by atoms with Crippen molar-refractivity contribution in [2.24, 2.45) is 0 Å². The van der Waals surface area contributed by atoms with Crippen LogP contribution in [0.25, 0.3) is 51.5 Å². The van der Waals surface area contributed by atoms with Crippen LogP contribution in [-0.4, -0.2) is 0 Å². The first-order chi connectivity index (χ1) is 21.8. The van der Waals surface area contributed by atoms with Crippen molar-refractivity contribution in [1.29, 1.82) is 0 Å². The molecule has 0 fully saturated rings. The van der Waals surface area contributed by atoms with Crippen molar-refractivity contribution in [2.45, 2.75) is 38.5 Å². The third-order valence-corrected chi connectivity index (χ3v) is 12.9. The summed E-state index contributed by atoms with van der Waals surface area (Å²) in [4.78, 5) is 2.43. The highest BCUT2D eigenvalue weighted by molar-refractivity contribution is 7.26. The van der Waals surface area contributed by atoms with Crippen molar-refractivity contribution in [3.05, 3.63) is 139 Å². The van der Waals surface area contributed by atoms with Crippen LogP contribution in [0.3, 0.4) is 0 Å². The van der Waals surface area contributed by atoms with Crippen LogP contribution >= 0.6 is 22.7 Å². The molecule has 0 atom stereocenters. The quantitative estimate of drug-likeness (QED) is 0.191. The Labute approximate surface area is 272 Å². The molecule has 45 heavy (non-hydrogen) atoms. The SMILES string of the molecule is CC1(C)c2cc(N(c3ccccc3)c3ccc4sc5ccccc5c4c3)ccc2-c2ccc3c(sc4ccccc43)c2C1(C)C. The Kier molecular flexibility index (Phi) is 5.70. The first kappa shape index (κ1) is 26.9. The molecule has 0 saturated carbocycles. The lowest BCUT2D eigenvalue weighted by Crippen LogP contribution is -2.43. The van der Waals surface area contributed by atoms with E-state index >= 15 is 0 Å². The number of hydrogen-bond donors (Lipinski definition) is 0. The molecule has 2 heterocycles. The normalized spacial score (nSPS) is 15.0. The van der Waals surface area contributed by atoms with Gasteiger partial charge in [-0.2, -0.15) is 0 Å². The molecule has 1 aliphatic rings. The average Bonchev–Trinajstić information content (AvgIpc) is 3.62. The maximum atomic E-state index is 2.47. The number of fused-ring (bicyclic) bond motifs is 10. The van der Waals surface area contributed by atoms with E-state index in [-0.39, 0.29) is 10.8 Å². The van der Waals surface area contributed by atoms with Crippen LogP contribution in [0.15, 0.2) is 127 Å². The van der Waals surface area contributed by atoms with E-state index in [9.17, 15) is 0 Å². The Bertz CT molecular complexity index is 2440. The number of benzene rings is 6. The number of anilines is 3. The van der Waals surface area contributed by atoms with Gasteiger partial charge >= 0.3 is 0 Å². The molecule has 0 spiro atoms. The van der Waals surface area contributed by atoms with Crippen LogP contribution in [0, 0.1) is 0 Å². The smallest absolute Gasteiger partial charge is 0.0468 e. The zero-order valence-corrected chi connectivity index (χ0v) is 27.5. The van der Waals surface area contributed by atoms with Gasteiger partial charge in [-0.05, 0) is 82.3 Å². The van der Waals surface area contributed by atoms with E-state index in [0.29, 0.717) is 0 Å². The fourth-order valence-electron chi connectivity index (χ4n) is 7.58. The molecule has 0 radical (unpaired) electrons. The van der Waals surface area contributed by atoms with Gasteiger partial charge in [-0.25, -0.2) is 0 Å². The van der Waals surface area contributed by atoms with Crippen LogP contribution < -0.4 is 4.90 Å². The standard InChI is InChI=1S/C42H33NS2/c1-41(2)35-25-28(18-20-29(35)32-21-22-33-30-14-8-11-17-37(30)45-40(33)39(32)42(41,3)4)43(26-12-6-5-7-13-26)27-19-23-38-34(24-27)31-15-9-10-16-36(31)44-38/h5-25H,1-4H3. The second-order valence-electron chi connectivity index (χ2n) is 13.4. The van der Waals surface area contributed by atoms with Gasteiger partial charge in [-0.15, -0.1) is 22.7 Å². The molecule has 0 N–H and O–H groups in total. The zero-order chi connectivity index (χ0) is 30.5. The van der Waals surface area contributed by atoms with E-state index in [1.54, 1.807) is 0 Å². The number of para-hydroxylation sites is 1. The summed E-state index contributed by atoms with van der Waals surface area (Å²) in [5, 5.41) is 5.38. The van der Waals surface area contributed by atoms with Crippen molar-refractivity contribution in [1.82, 2.24) is 0 Å². The summed E-state index contributed by atoms with van der Waals surface area (Å²) in [6, 6.07) is 47.3. The molecule has 6 aromatic carbocycles. The minimum atomic E-state index is -0.105. The molecule has 0 amide bonds. The first-order valence-electron chi connectivity index (χ1n) is 15.7. The Morgan fingerprint density at radius 3 is 1.82 bits per heavy atom. The predicted molar refractivity (Wildman–Crippen MR) is 198 cm³/mol. The predicted octanol–water partition coefficient (Wildman–Crippen LogP) is 13.1. The average molecular weight is 616 g/mol. The highest BCUT2D eigenvalue weighted by atomic mass is 32.1. The molecular weight excluding hydrogens is 583 g/mol. The molecule has 218 valence electrons. The van der Waals surface area contributed by atoms with Crippen LogP contribution in [0.2, 0.25) is 0 Å². The summed E-state index contributed by atoms with van der Waals surface area (Å²) >= 11 is 3.82. The van der Waals surface area contributed by atoms with Crippen LogP contribution in [0.5, 0.6) is 0 Å². The van der Waals surface area contributed by atoms with E-state index in [2.05, 4.69) is 160 Å². The van der Waals surface area contributed by atoms with Gasteiger partial charge in [0.15, 0.2) is 0 Å². The molecular formula is C42H33NS2. The van der Waals surface area contributed by atoms with E-state index < -0.39 is 0 Å². The summed E-state index contributed by atoms with van der Waals surface area (Å²) in [6.45, 7) is 9.80. The van der Waals surface area contributed by atoms with E-state index in [1.807, 2.05) is 22.7 Å². The van der Waals surface area contributed by atoms with Gasteiger partial charge in [-0.3, -0.25) is 0 Å². The van der Waals surface area contributed by atoms with Gasteiger partial charge in [0.05, 0.1) is 0 Å². The van der Waals surface area contributed by atoms with E-state index in [1.165, 1.54) is 74.0 Å². The van der Waals surface area contributed by atoms with Crippen LogP contribution in [0.4, 0.5) is 17.1 Å². The Hall–Kier alpha value is -4.44. The fourth-order valence-corrected chi connectivity index (χ4v) is 10.1. The molecule has 0 unspecified atom stereocenters. The summed E-state index contributed by atoms with van der Waals surface area (Å²) in [5.74, 6) is 0. The molecule has 3 heteroatoms. The maximum Gasteiger partial charge on any atom is 0.0468 e. The van der Waals surface area contributed by atoms with Gasteiger partial charge in [0, 0.05) is 62.8 Å². The van der Waals surface area contributed by atoms with E-state index in [4.69, 9.17) is 0 Å². The monoisotopic (exact) mass is 615 g/mol. The largest absolute Gasteiger partial charge is 0.310 e. The molecule has 8 aromatic rings. The second kappa shape index (κ2) is 9.53. The van der Waals surface area contributed by atoms with E-state index in [0.717, 1.165) is 5.69 Å². The molecule has 1 aliphatic carbocycles. The molecule has 2 aromatic heterocycles. The highest BCUT2D eigenvalue weighted by Gasteiger charge is 2.47. The fraction of sp³-hybridized carbons (Fsp3) is 0.143. The van der Waals surface area contributed by atoms with Gasteiger partial charge in [0.2, 0.25) is 0 Å². The number of hydrogen-bond acceptors (Lipinski definition) is 3.